The van der Waals surface area contributed by atoms with Gasteiger partial charge in [0.05, 0.1) is 0 Å². The van der Waals surface area contributed by atoms with Crippen molar-refractivity contribution in [3.63, 3.8) is 0 Å². The van der Waals surface area contributed by atoms with Crippen LogP contribution in [0.25, 0.3) is 10.8 Å². The largest absolute Gasteiger partial charge is 0.0739 e. The topological polar surface area (TPSA) is 0 Å². The van der Waals surface area contributed by atoms with Crippen LogP contribution in [0, 0.1) is 29.6 Å². The summed E-state index contributed by atoms with van der Waals surface area (Å²) in [5.74, 6) is 6.01. The number of hydrogen-bond acceptors (Lipinski definition) is 0. The van der Waals surface area contributed by atoms with Gasteiger partial charge in [-0.15, -0.1) is 0 Å². The highest BCUT2D eigenvalue weighted by Gasteiger charge is 2.53. The molecule has 0 aromatic heterocycles. The van der Waals surface area contributed by atoms with Crippen LogP contribution in [0.5, 0.6) is 0 Å². The Labute approximate surface area is 218 Å². The first kappa shape index (κ1) is 24.5. The molecular weight excluding hydrogens is 453 g/mol. The van der Waals surface area contributed by atoms with E-state index in [0.717, 1.165) is 35.5 Å². The maximum Gasteiger partial charge on any atom is 0.0285 e. The maximum absolute atomic E-state index is 2.89. The van der Waals surface area contributed by atoms with Crippen LogP contribution in [0.1, 0.15) is 95.5 Å². The molecule has 6 rings (SSSR count). The van der Waals surface area contributed by atoms with Gasteiger partial charge in [-0.05, 0) is 76.6 Å². The van der Waals surface area contributed by atoms with E-state index in [4.69, 9.17) is 0 Å². The molecule has 0 amide bonds. The monoisotopic (exact) mass is 502 g/mol. The second-order valence-electron chi connectivity index (χ2n) is 13.6. The van der Waals surface area contributed by atoms with Gasteiger partial charge in [0, 0.05) is 16.6 Å². The molecule has 2 aromatic carbocycles. The van der Waals surface area contributed by atoms with Crippen molar-refractivity contribution in [2.24, 2.45) is 29.6 Å². The van der Waals surface area contributed by atoms with Gasteiger partial charge in [-0.2, -0.15) is 0 Å². The third-order valence-corrected chi connectivity index (χ3v) is 26.1. The van der Waals surface area contributed by atoms with Crippen molar-refractivity contribution in [1.29, 1.82) is 0 Å². The molecule has 10 atom stereocenters. The molecule has 4 aliphatic carbocycles. The van der Waals surface area contributed by atoms with Crippen LogP contribution in [-0.4, -0.2) is 16.6 Å². The summed E-state index contributed by atoms with van der Waals surface area (Å²) in [4.78, 5) is 0. The van der Waals surface area contributed by atoms with Crippen molar-refractivity contribution >= 4 is 27.4 Å². The Hall–Kier alpha value is -0.866. The highest BCUT2D eigenvalue weighted by atomic mass is 29.2. The Kier molecular flexibility index (Phi) is 7.33. The van der Waals surface area contributed by atoms with E-state index in [2.05, 4.69) is 62.5 Å². The molecule has 0 aliphatic heterocycles. The van der Waals surface area contributed by atoms with Crippen molar-refractivity contribution in [2.75, 3.05) is 0 Å². The van der Waals surface area contributed by atoms with Gasteiger partial charge >= 0.3 is 0 Å². The van der Waals surface area contributed by atoms with Crippen LogP contribution in [-0.2, 0) is 0 Å². The van der Waals surface area contributed by atoms with E-state index in [1.165, 1.54) is 55.0 Å². The summed E-state index contributed by atoms with van der Waals surface area (Å²) in [7, 11) is -1.19. The van der Waals surface area contributed by atoms with Crippen LogP contribution in [0.3, 0.4) is 0 Å². The fourth-order valence-electron chi connectivity index (χ4n) is 10.2. The second kappa shape index (κ2) is 10.5. The average molecular weight is 503 g/mol. The summed E-state index contributed by atoms with van der Waals surface area (Å²) < 4.78 is 0. The predicted octanol–water partition coefficient (Wildman–Crippen LogP) is 9.29. The van der Waals surface area contributed by atoms with Gasteiger partial charge in [0.1, 0.15) is 0 Å². The molecule has 2 heteroatoms. The zero-order chi connectivity index (χ0) is 23.9. The molecule has 10 unspecified atom stereocenters. The molecule has 4 fully saturated rings. The summed E-state index contributed by atoms with van der Waals surface area (Å²) >= 11 is 0. The number of benzene rings is 2. The molecule has 4 saturated carbocycles. The van der Waals surface area contributed by atoms with E-state index in [9.17, 15) is 0 Å². The first-order valence-electron chi connectivity index (χ1n) is 15.6. The molecule has 0 N–H and O–H groups in total. The molecule has 190 valence electrons. The van der Waals surface area contributed by atoms with Gasteiger partial charge in [0.2, 0.25) is 0 Å². The van der Waals surface area contributed by atoms with E-state index in [0.29, 0.717) is 0 Å². The minimum absolute atomic E-state index is 0.566. The minimum Gasteiger partial charge on any atom is -0.0739 e. The maximum atomic E-state index is 2.89. The van der Waals surface area contributed by atoms with Gasteiger partial charge in [-0.25, -0.2) is 0 Å². The van der Waals surface area contributed by atoms with Gasteiger partial charge in [0.25, 0.3) is 0 Å². The van der Waals surface area contributed by atoms with E-state index >= 15 is 0 Å². The summed E-state index contributed by atoms with van der Waals surface area (Å²) in [5.41, 5.74) is 4.12. The first-order valence-corrected chi connectivity index (χ1v) is 21.9. The van der Waals surface area contributed by atoms with Crippen molar-refractivity contribution in [2.45, 2.75) is 114 Å². The lowest BCUT2D eigenvalue weighted by atomic mass is 9.61. The lowest BCUT2D eigenvalue weighted by Crippen LogP contribution is -2.42. The van der Waals surface area contributed by atoms with E-state index in [1.54, 1.807) is 49.5 Å². The van der Waals surface area contributed by atoms with Crippen molar-refractivity contribution in [3.8, 4) is 0 Å². The van der Waals surface area contributed by atoms with Crippen LogP contribution >= 0.6 is 0 Å². The van der Waals surface area contributed by atoms with Crippen LogP contribution in [0.4, 0.5) is 0 Å². The fourth-order valence-corrected chi connectivity index (χ4v) is 22.8. The Morgan fingerprint density at radius 3 is 2.51 bits per heavy atom. The molecular formula is C33H50Si2. The normalized spacial score (nSPS) is 38.4. The predicted molar refractivity (Wildman–Crippen MR) is 159 cm³/mol. The molecule has 35 heavy (non-hydrogen) atoms. The zero-order valence-electron chi connectivity index (χ0n) is 22.8. The number of unbranched alkanes of at least 4 members (excludes halogenated alkanes) is 1. The SMILES string of the molecule is CCCCC1CCC([SiH](C)[SiH](C)C2CCC3C2CC2CCCC2C3c2cccc3ccccc23)C1. The summed E-state index contributed by atoms with van der Waals surface area (Å²) in [6.07, 6.45) is 18.5. The molecule has 0 nitrogen and oxygen atoms in total. The third-order valence-electron chi connectivity index (χ3n) is 12.1. The first-order chi connectivity index (χ1) is 17.2. The van der Waals surface area contributed by atoms with Gasteiger partial charge in [-0.3, -0.25) is 0 Å². The lowest BCUT2D eigenvalue weighted by Gasteiger charge is -2.46. The molecule has 0 bridgehead atoms. The van der Waals surface area contributed by atoms with Crippen molar-refractivity contribution in [1.82, 2.24) is 0 Å². The lowest BCUT2D eigenvalue weighted by molar-refractivity contribution is 0.123. The van der Waals surface area contributed by atoms with Gasteiger partial charge < -0.3 is 0 Å². The van der Waals surface area contributed by atoms with E-state index in [-0.39, 0.29) is 0 Å². The Morgan fingerprint density at radius 2 is 1.63 bits per heavy atom. The molecule has 0 radical (unpaired) electrons. The zero-order valence-corrected chi connectivity index (χ0v) is 25.1. The number of fused-ring (bicyclic) bond motifs is 3. The summed E-state index contributed by atoms with van der Waals surface area (Å²) in [5, 5.41) is 3.05. The van der Waals surface area contributed by atoms with Crippen molar-refractivity contribution < 1.29 is 0 Å². The van der Waals surface area contributed by atoms with E-state index in [1.807, 2.05) is 0 Å². The highest BCUT2D eigenvalue weighted by Crippen LogP contribution is 2.63. The number of hydrogen-bond donors (Lipinski definition) is 0. The fraction of sp³-hybridized carbons (Fsp3) is 0.697. The molecule has 0 heterocycles. The number of rotatable bonds is 7. The Bertz CT molecular complexity index is 994. The van der Waals surface area contributed by atoms with Crippen molar-refractivity contribution in [3.05, 3.63) is 48.0 Å². The standard InChI is InChI=1S/C33H50Si2/c1-4-5-10-23-17-18-26(21-23)34(2)35(3)32-20-19-30-31(32)22-25-13-9-15-28(25)33(30)29-16-8-12-24-11-6-7-14-27(24)29/h6-8,11-12,14,16,23,25-26,28,30-35H,4-5,9-10,13,15,17-22H2,1-3H3. The molecule has 4 aliphatic rings. The quantitative estimate of drug-likeness (QED) is 0.331. The molecule has 0 spiro atoms. The molecule has 0 saturated heterocycles. The average Bonchev–Trinajstić information content (AvgIpc) is 3.64. The Morgan fingerprint density at radius 1 is 0.771 bits per heavy atom. The Balaban J connectivity index is 1.24. The van der Waals surface area contributed by atoms with Crippen LogP contribution in [0.15, 0.2) is 42.5 Å². The third kappa shape index (κ3) is 4.54. The minimum atomic E-state index is -0.621. The molecule has 2 aromatic rings. The van der Waals surface area contributed by atoms with Gasteiger partial charge in [-0.1, -0.05) is 126 Å². The van der Waals surface area contributed by atoms with E-state index < -0.39 is 16.6 Å². The van der Waals surface area contributed by atoms with Gasteiger partial charge in [0.15, 0.2) is 0 Å². The summed E-state index contributed by atoms with van der Waals surface area (Å²) in [6.45, 7) is 8.12. The van der Waals surface area contributed by atoms with Crippen LogP contribution in [0.2, 0.25) is 24.2 Å². The summed E-state index contributed by atoms with van der Waals surface area (Å²) in [6, 6.07) is 16.6. The smallest absolute Gasteiger partial charge is 0.0285 e. The second-order valence-corrected chi connectivity index (χ2v) is 25.1. The van der Waals surface area contributed by atoms with Crippen LogP contribution < -0.4 is 0 Å². The highest BCUT2D eigenvalue weighted by molar-refractivity contribution is 7.22.